The number of fused-ring (bicyclic) bond motifs is 2. The molecule has 2 spiro atoms. The normalized spacial score (nSPS) is 17.0. The molecule has 5 heterocycles. The van der Waals surface area contributed by atoms with Gasteiger partial charge in [-0.15, -0.1) is 10.2 Å². The second kappa shape index (κ2) is 17.0. The van der Waals surface area contributed by atoms with Gasteiger partial charge in [0.15, 0.2) is 0 Å². The number of nitrogens with zero attached hydrogens (tertiary/aromatic N) is 4. The molecule has 0 bridgehead atoms. The highest BCUT2D eigenvalue weighted by molar-refractivity contribution is 5.95. The maximum Gasteiger partial charge on any atom is 0.251 e. The summed E-state index contributed by atoms with van der Waals surface area (Å²) < 4.78 is 12.7. The molecule has 2 saturated heterocycles. The number of rotatable bonds is 5. The lowest BCUT2D eigenvalue weighted by atomic mass is 9.83. The molecule has 5 N–H and O–H groups in total. The molecule has 5 aromatic rings. The number of aromatic hydroxyl groups is 2. The zero-order valence-electron chi connectivity index (χ0n) is 31.0. The number of amides is 1. The van der Waals surface area contributed by atoms with Crippen LogP contribution in [0, 0.1) is 0 Å². The first-order valence-electron chi connectivity index (χ1n) is 18.9. The van der Waals surface area contributed by atoms with E-state index in [0.717, 1.165) is 91.0 Å². The second-order valence-corrected chi connectivity index (χ2v) is 14.4. The van der Waals surface area contributed by atoms with Gasteiger partial charge in [-0.25, -0.2) is 0 Å². The van der Waals surface area contributed by atoms with Crippen LogP contribution in [0.25, 0.3) is 22.5 Å². The van der Waals surface area contributed by atoms with Gasteiger partial charge in [-0.1, -0.05) is 63.4 Å². The third-order valence-electron chi connectivity index (χ3n) is 10.6. The van der Waals surface area contributed by atoms with Crippen LogP contribution in [0.2, 0.25) is 0 Å². The molecule has 1 aromatic heterocycles. The van der Waals surface area contributed by atoms with Crippen LogP contribution in [-0.4, -0.2) is 80.3 Å². The lowest BCUT2D eigenvalue weighted by Gasteiger charge is -2.40. The number of aryl methyl sites for hydroxylation is 1. The Kier molecular flexibility index (Phi) is 12.2. The van der Waals surface area contributed by atoms with Gasteiger partial charge in [0, 0.05) is 43.4 Å². The molecule has 4 aliphatic rings. The molecule has 4 aromatic carbocycles. The molecular formula is C45H53N7O5. The number of carbonyl (C=O) groups is 1. The molecule has 9 rings (SSSR count). The number of tetrazole rings is 1. The molecule has 12 heteroatoms. The minimum atomic E-state index is -0.361. The maximum atomic E-state index is 12.0. The van der Waals surface area contributed by atoms with Crippen molar-refractivity contribution in [3.8, 4) is 34.4 Å². The van der Waals surface area contributed by atoms with Crippen molar-refractivity contribution in [2.75, 3.05) is 32.7 Å². The molecule has 0 radical (unpaired) electrons. The fourth-order valence-corrected chi connectivity index (χ4v) is 7.83. The van der Waals surface area contributed by atoms with Gasteiger partial charge in [0.1, 0.15) is 34.2 Å². The van der Waals surface area contributed by atoms with Crippen molar-refractivity contribution < 1.29 is 24.5 Å². The van der Waals surface area contributed by atoms with Gasteiger partial charge >= 0.3 is 0 Å². The van der Waals surface area contributed by atoms with Crippen molar-refractivity contribution >= 4 is 17.1 Å². The van der Waals surface area contributed by atoms with Crippen LogP contribution < -0.4 is 25.4 Å². The fourth-order valence-electron chi connectivity index (χ4n) is 7.83. The Hall–Kier alpha value is -5.98. The zero-order chi connectivity index (χ0) is 38.0. The predicted octanol–water partition coefficient (Wildman–Crippen LogP) is 6.89. The lowest BCUT2D eigenvalue weighted by Crippen LogP contribution is -2.46. The summed E-state index contributed by atoms with van der Waals surface area (Å²) >= 11 is 0. The SMILES string of the molecule is C.C.CCNC(=O)c1ccc(C2=CC3(CCNCC3)Oc3cccc(O)c32)cc1.Cn1nnc(-c2ccc(C3=CC4(CCNCC4)Oc4cccc(O)c43)cc2)n1. The first-order valence-corrected chi connectivity index (χ1v) is 18.9. The number of benzene rings is 4. The average Bonchev–Trinajstić information content (AvgIpc) is 3.64. The van der Waals surface area contributed by atoms with Crippen molar-refractivity contribution in [1.82, 2.24) is 36.2 Å². The Bertz CT molecular complexity index is 2250. The lowest BCUT2D eigenvalue weighted by molar-refractivity contribution is 0.0810. The Morgan fingerprint density at radius 2 is 1.18 bits per heavy atom. The standard InChI is InChI=1S/C22H24N2O3.C21H21N5O2.2CH4/c1-2-24-21(26)16-8-6-15(7-9-16)17-14-22(10-12-23-13-11-22)27-19-5-3-4-18(25)20(17)19;1-26-24-20(23-25-26)15-7-5-14(6-8-15)16-13-21(9-11-22-12-10-21)28-18-4-2-3-17(27)19(16)18;;/h3-9,14,23,25H,2,10-13H2,1H3,(H,24,26);2-8,13,22,27H,9-12H2,1H3;2*1H4. The van der Waals surface area contributed by atoms with Crippen LogP contribution >= 0.6 is 0 Å². The summed E-state index contributed by atoms with van der Waals surface area (Å²) in [7, 11) is 1.75. The van der Waals surface area contributed by atoms with E-state index in [1.54, 1.807) is 19.2 Å². The highest BCUT2D eigenvalue weighted by atomic mass is 16.5. The number of carbonyl (C=O) groups excluding carboxylic acids is 1. The molecule has 12 nitrogen and oxygen atoms in total. The van der Waals surface area contributed by atoms with E-state index in [4.69, 9.17) is 9.47 Å². The Labute approximate surface area is 334 Å². The largest absolute Gasteiger partial charge is 0.507 e. The van der Waals surface area contributed by atoms with Gasteiger partial charge in [0.2, 0.25) is 5.82 Å². The van der Waals surface area contributed by atoms with Crippen molar-refractivity contribution in [3.63, 3.8) is 0 Å². The molecule has 57 heavy (non-hydrogen) atoms. The molecule has 0 atom stereocenters. The molecule has 4 aliphatic heterocycles. The number of hydrogen-bond acceptors (Lipinski definition) is 10. The highest BCUT2D eigenvalue weighted by Crippen LogP contribution is 2.47. The van der Waals surface area contributed by atoms with E-state index in [1.165, 1.54) is 4.80 Å². The van der Waals surface area contributed by atoms with E-state index >= 15 is 0 Å². The first kappa shape index (κ1) is 40.7. The van der Waals surface area contributed by atoms with Gasteiger partial charge in [-0.05, 0) is 109 Å². The van der Waals surface area contributed by atoms with E-state index in [0.29, 0.717) is 29.2 Å². The second-order valence-electron chi connectivity index (χ2n) is 14.4. The summed E-state index contributed by atoms with van der Waals surface area (Å²) in [4.78, 5) is 13.5. The van der Waals surface area contributed by atoms with Crippen LogP contribution in [-0.2, 0) is 7.05 Å². The van der Waals surface area contributed by atoms with E-state index < -0.39 is 0 Å². The molecule has 1 amide bonds. The van der Waals surface area contributed by atoms with E-state index in [9.17, 15) is 15.0 Å². The van der Waals surface area contributed by atoms with Gasteiger partial charge < -0.3 is 35.6 Å². The molecule has 2 fully saturated rings. The van der Waals surface area contributed by atoms with Crippen molar-refractivity contribution in [2.24, 2.45) is 7.05 Å². The van der Waals surface area contributed by atoms with Gasteiger partial charge in [-0.3, -0.25) is 4.79 Å². The quantitative estimate of drug-likeness (QED) is 0.128. The van der Waals surface area contributed by atoms with E-state index in [2.05, 4.69) is 43.5 Å². The number of nitrogens with one attached hydrogen (secondary N) is 3. The number of aromatic nitrogens is 4. The number of ether oxygens (including phenoxy) is 2. The summed E-state index contributed by atoms with van der Waals surface area (Å²) in [6.45, 7) is 6.12. The highest BCUT2D eigenvalue weighted by Gasteiger charge is 2.39. The van der Waals surface area contributed by atoms with Crippen LogP contribution in [0.5, 0.6) is 23.0 Å². The number of phenolic OH excluding ortho intramolecular Hbond substituents is 2. The van der Waals surface area contributed by atoms with Gasteiger partial charge in [0.25, 0.3) is 5.91 Å². The maximum absolute atomic E-state index is 12.0. The summed E-state index contributed by atoms with van der Waals surface area (Å²) in [6.07, 6.45) is 7.88. The van der Waals surface area contributed by atoms with Gasteiger partial charge in [0.05, 0.1) is 18.2 Å². The third kappa shape index (κ3) is 8.28. The average molecular weight is 772 g/mol. The molecule has 0 unspecified atom stereocenters. The van der Waals surface area contributed by atoms with Crippen molar-refractivity contribution in [3.05, 3.63) is 125 Å². The topological polar surface area (TPSA) is 156 Å². The zero-order valence-corrected chi connectivity index (χ0v) is 31.0. The summed E-state index contributed by atoms with van der Waals surface area (Å²) in [5.74, 6) is 2.39. The van der Waals surface area contributed by atoms with Crippen LogP contribution in [0.4, 0.5) is 0 Å². The first-order chi connectivity index (χ1) is 26.8. The minimum Gasteiger partial charge on any atom is -0.507 e. The number of piperidine rings is 2. The molecule has 0 aliphatic carbocycles. The Balaban J connectivity index is 0.000000186. The molecular weight excluding hydrogens is 719 g/mol. The van der Waals surface area contributed by atoms with Crippen LogP contribution in [0.3, 0.4) is 0 Å². The number of phenols is 2. The van der Waals surface area contributed by atoms with Crippen LogP contribution in [0.1, 0.15) is 80.1 Å². The molecule has 0 saturated carbocycles. The summed E-state index contributed by atoms with van der Waals surface area (Å²) in [5.41, 5.74) is 6.24. The van der Waals surface area contributed by atoms with Crippen molar-refractivity contribution in [2.45, 2.75) is 58.7 Å². The monoisotopic (exact) mass is 771 g/mol. The Morgan fingerprint density at radius 3 is 1.61 bits per heavy atom. The minimum absolute atomic E-state index is 0. The Morgan fingerprint density at radius 1 is 0.719 bits per heavy atom. The van der Waals surface area contributed by atoms with Crippen molar-refractivity contribution in [1.29, 1.82) is 0 Å². The molecule has 298 valence electrons. The number of hydrogen-bond donors (Lipinski definition) is 5. The smallest absolute Gasteiger partial charge is 0.251 e. The van der Waals surface area contributed by atoms with E-state index in [-0.39, 0.29) is 43.5 Å². The summed E-state index contributed by atoms with van der Waals surface area (Å²) in [5, 5.41) is 42.8. The predicted molar refractivity (Wildman–Crippen MR) is 223 cm³/mol. The van der Waals surface area contributed by atoms with Gasteiger partial charge in [-0.2, -0.15) is 4.80 Å². The van der Waals surface area contributed by atoms with Crippen LogP contribution in [0.15, 0.2) is 97.1 Å². The van der Waals surface area contributed by atoms with E-state index in [1.807, 2.05) is 79.7 Å². The summed E-state index contributed by atoms with van der Waals surface area (Å²) in [6, 6.07) is 26.4. The fraction of sp³-hybridized carbons (Fsp3) is 0.333. The third-order valence-corrected chi connectivity index (χ3v) is 10.6.